The molecule has 3 aromatic rings. The molecule has 0 bridgehead atoms. The maximum atomic E-state index is 12.7. The number of pyridine rings is 1. The van der Waals surface area contributed by atoms with Crippen molar-refractivity contribution >= 4 is 16.8 Å². The van der Waals surface area contributed by atoms with Crippen LogP contribution in [0.5, 0.6) is 0 Å². The van der Waals surface area contributed by atoms with Gasteiger partial charge in [0.05, 0.1) is 12.1 Å². The number of nitrogens with one attached hydrogen (secondary N) is 1. The van der Waals surface area contributed by atoms with E-state index in [2.05, 4.69) is 38.3 Å². The summed E-state index contributed by atoms with van der Waals surface area (Å²) in [7, 11) is 0. The largest absolute Gasteiger partial charge is 0.340 e. The molecule has 154 valence electrons. The third-order valence-electron chi connectivity index (χ3n) is 5.64. The summed E-state index contributed by atoms with van der Waals surface area (Å²) in [6.45, 7) is 4.29. The van der Waals surface area contributed by atoms with E-state index in [0.717, 1.165) is 53.8 Å². The van der Waals surface area contributed by atoms with E-state index < -0.39 is 5.54 Å². The molecule has 6 heteroatoms. The minimum absolute atomic E-state index is 0.00962. The average Bonchev–Trinajstić information content (AvgIpc) is 3.08. The van der Waals surface area contributed by atoms with Gasteiger partial charge in [0, 0.05) is 23.6 Å². The fraction of sp³-hybridized carbons (Fsp3) is 0.417. The standard InChI is InChI=1S/C24H27N5O/c1-18-26-19(2)29(28-18)15-11-23(30)27-24(12-6-3-7-13-24)14-10-20-16-21-8-4-5-9-22(21)25-17-20/h4-5,8-9,16-17H,3,6-7,11-13,15H2,1-2H3,(H,27,30). The molecule has 1 aliphatic rings. The lowest BCUT2D eigenvalue weighted by molar-refractivity contribution is -0.123. The molecule has 30 heavy (non-hydrogen) atoms. The van der Waals surface area contributed by atoms with Crippen LogP contribution in [-0.4, -0.2) is 31.2 Å². The van der Waals surface area contributed by atoms with Gasteiger partial charge >= 0.3 is 0 Å². The van der Waals surface area contributed by atoms with E-state index in [1.54, 1.807) is 4.68 Å². The van der Waals surface area contributed by atoms with E-state index in [0.29, 0.717) is 13.0 Å². The van der Waals surface area contributed by atoms with E-state index in [9.17, 15) is 4.79 Å². The molecule has 0 aliphatic heterocycles. The molecule has 0 atom stereocenters. The SMILES string of the molecule is Cc1nc(C)n(CCC(=O)NC2(C#Cc3cnc4ccccc4c3)CCCCC2)n1. The Labute approximate surface area is 177 Å². The van der Waals surface area contributed by atoms with Crippen molar-refractivity contribution in [2.24, 2.45) is 0 Å². The van der Waals surface area contributed by atoms with Crippen LogP contribution in [0.25, 0.3) is 10.9 Å². The van der Waals surface area contributed by atoms with E-state index in [4.69, 9.17) is 0 Å². The Bertz CT molecular complexity index is 1120. The van der Waals surface area contributed by atoms with Gasteiger partial charge in [0.15, 0.2) is 0 Å². The molecule has 2 heterocycles. The van der Waals surface area contributed by atoms with Crippen LogP contribution in [0.2, 0.25) is 0 Å². The van der Waals surface area contributed by atoms with E-state index in [1.165, 1.54) is 6.42 Å². The van der Waals surface area contributed by atoms with Crippen molar-refractivity contribution in [1.82, 2.24) is 25.1 Å². The van der Waals surface area contributed by atoms with Gasteiger partial charge in [-0.25, -0.2) is 9.67 Å². The summed E-state index contributed by atoms with van der Waals surface area (Å²) in [4.78, 5) is 21.5. The van der Waals surface area contributed by atoms with Gasteiger partial charge in [-0.05, 0) is 38.8 Å². The third kappa shape index (κ3) is 4.68. The molecule has 1 aliphatic carbocycles. The van der Waals surface area contributed by atoms with E-state index in [1.807, 2.05) is 44.3 Å². The zero-order valence-electron chi connectivity index (χ0n) is 17.6. The number of carbonyl (C=O) groups is 1. The number of benzene rings is 1. The zero-order chi connectivity index (χ0) is 21.0. The molecule has 1 fully saturated rings. The topological polar surface area (TPSA) is 72.7 Å². The van der Waals surface area contributed by atoms with Crippen LogP contribution in [0.1, 0.15) is 55.7 Å². The van der Waals surface area contributed by atoms with E-state index in [-0.39, 0.29) is 5.91 Å². The molecular formula is C24H27N5O. The highest BCUT2D eigenvalue weighted by Gasteiger charge is 2.31. The van der Waals surface area contributed by atoms with Gasteiger partial charge in [-0.2, -0.15) is 5.10 Å². The average molecular weight is 402 g/mol. The molecule has 4 rings (SSSR count). The predicted molar refractivity (Wildman–Crippen MR) is 117 cm³/mol. The Morgan fingerprint density at radius 2 is 2.00 bits per heavy atom. The second-order valence-corrected chi connectivity index (χ2v) is 8.04. The predicted octanol–water partition coefficient (Wildman–Crippen LogP) is 3.70. The highest BCUT2D eigenvalue weighted by molar-refractivity contribution is 5.80. The Kier molecular flexibility index (Phi) is 5.80. The highest BCUT2D eigenvalue weighted by Crippen LogP contribution is 2.28. The molecule has 2 aromatic heterocycles. The fourth-order valence-electron chi connectivity index (χ4n) is 4.08. The van der Waals surface area contributed by atoms with Gasteiger partial charge in [0.2, 0.25) is 5.91 Å². The number of hydrogen-bond acceptors (Lipinski definition) is 4. The Morgan fingerprint density at radius 1 is 1.20 bits per heavy atom. The maximum Gasteiger partial charge on any atom is 0.223 e. The quantitative estimate of drug-likeness (QED) is 0.677. The molecule has 1 saturated carbocycles. The molecule has 0 spiro atoms. The second kappa shape index (κ2) is 8.66. The van der Waals surface area contributed by atoms with Crippen molar-refractivity contribution < 1.29 is 4.79 Å². The first-order valence-electron chi connectivity index (χ1n) is 10.6. The van der Waals surface area contributed by atoms with Crippen LogP contribution in [-0.2, 0) is 11.3 Å². The fourth-order valence-corrected chi connectivity index (χ4v) is 4.08. The second-order valence-electron chi connectivity index (χ2n) is 8.04. The Hall–Kier alpha value is -3.20. The van der Waals surface area contributed by atoms with Gasteiger partial charge < -0.3 is 5.32 Å². The van der Waals surface area contributed by atoms with Crippen molar-refractivity contribution in [2.45, 2.75) is 64.5 Å². The van der Waals surface area contributed by atoms with Crippen LogP contribution in [0.4, 0.5) is 0 Å². The molecule has 1 aromatic carbocycles. The smallest absolute Gasteiger partial charge is 0.223 e. The molecule has 0 saturated heterocycles. The number of amides is 1. The first-order valence-corrected chi connectivity index (χ1v) is 10.6. The Balaban J connectivity index is 1.49. The first kappa shape index (κ1) is 20.1. The Morgan fingerprint density at radius 3 is 2.77 bits per heavy atom. The summed E-state index contributed by atoms with van der Waals surface area (Å²) in [5.74, 6) is 8.26. The molecule has 0 radical (unpaired) electrons. The van der Waals surface area contributed by atoms with Gasteiger partial charge in [-0.3, -0.25) is 9.78 Å². The summed E-state index contributed by atoms with van der Waals surface area (Å²) in [6.07, 6.45) is 7.28. The minimum Gasteiger partial charge on any atom is -0.340 e. The summed E-state index contributed by atoms with van der Waals surface area (Å²) >= 11 is 0. The van der Waals surface area contributed by atoms with Gasteiger partial charge in [0.1, 0.15) is 17.2 Å². The lowest BCUT2D eigenvalue weighted by Gasteiger charge is -2.33. The lowest BCUT2D eigenvalue weighted by Crippen LogP contribution is -2.49. The van der Waals surface area contributed by atoms with Crippen LogP contribution in [0, 0.1) is 25.7 Å². The number of aromatic nitrogens is 4. The molecular weight excluding hydrogens is 374 g/mol. The van der Waals surface area contributed by atoms with Crippen molar-refractivity contribution in [3.8, 4) is 11.8 Å². The van der Waals surface area contributed by atoms with Crippen LogP contribution >= 0.6 is 0 Å². The van der Waals surface area contributed by atoms with Crippen molar-refractivity contribution in [3.63, 3.8) is 0 Å². The number of fused-ring (bicyclic) bond motifs is 1. The number of hydrogen-bond donors (Lipinski definition) is 1. The number of aryl methyl sites for hydroxylation is 3. The van der Waals surface area contributed by atoms with Crippen molar-refractivity contribution in [2.75, 3.05) is 0 Å². The number of carbonyl (C=O) groups excluding carboxylic acids is 1. The summed E-state index contributed by atoms with van der Waals surface area (Å²) in [6, 6.07) is 10.1. The van der Waals surface area contributed by atoms with Crippen molar-refractivity contribution in [3.05, 3.63) is 53.7 Å². The number of para-hydroxylation sites is 1. The number of nitrogens with zero attached hydrogens (tertiary/aromatic N) is 4. The van der Waals surface area contributed by atoms with Crippen molar-refractivity contribution in [1.29, 1.82) is 0 Å². The van der Waals surface area contributed by atoms with Crippen LogP contribution in [0.3, 0.4) is 0 Å². The highest BCUT2D eigenvalue weighted by atomic mass is 16.1. The molecule has 6 nitrogen and oxygen atoms in total. The van der Waals surface area contributed by atoms with Gasteiger partial charge in [-0.15, -0.1) is 0 Å². The monoisotopic (exact) mass is 401 g/mol. The zero-order valence-corrected chi connectivity index (χ0v) is 17.6. The summed E-state index contributed by atoms with van der Waals surface area (Å²) < 4.78 is 1.79. The number of rotatable bonds is 4. The third-order valence-corrected chi connectivity index (χ3v) is 5.64. The first-order chi connectivity index (χ1) is 14.5. The lowest BCUT2D eigenvalue weighted by atomic mass is 9.82. The molecule has 1 N–H and O–H groups in total. The maximum absolute atomic E-state index is 12.7. The van der Waals surface area contributed by atoms with Gasteiger partial charge in [-0.1, -0.05) is 49.3 Å². The normalized spacial score (nSPS) is 15.4. The van der Waals surface area contributed by atoms with Crippen LogP contribution in [0.15, 0.2) is 36.5 Å². The molecule has 1 amide bonds. The van der Waals surface area contributed by atoms with Crippen LogP contribution < -0.4 is 5.32 Å². The molecule has 0 unspecified atom stereocenters. The summed E-state index contributed by atoms with van der Waals surface area (Å²) in [5.41, 5.74) is 1.37. The summed E-state index contributed by atoms with van der Waals surface area (Å²) in [5, 5.41) is 8.65. The van der Waals surface area contributed by atoms with E-state index >= 15 is 0 Å². The van der Waals surface area contributed by atoms with Gasteiger partial charge in [0.25, 0.3) is 0 Å². The minimum atomic E-state index is -0.464.